The predicted molar refractivity (Wildman–Crippen MR) is 115 cm³/mol. The number of esters is 1. The molecule has 0 aliphatic heterocycles. The van der Waals surface area contributed by atoms with Crippen molar-refractivity contribution >= 4 is 12.0 Å². The van der Waals surface area contributed by atoms with Gasteiger partial charge in [-0.05, 0) is 36.0 Å². The van der Waals surface area contributed by atoms with Crippen molar-refractivity contribution in [3.63, 3.8) is 0 Å². The average Bonchev–Trinajstić information content (AvgIpc) is 2.74. The molecule has 0 N–H and O–H groups in total. The Morgan fingerprint density at radius 3 is 2.43 bits per heavy atom. The van der Waals surface area contributed by atoms with Crippen LogP contribution in [0.25, 0.3) is 17.5 Å². The summed E-state index contributed by atoms with van der Waals surface area (Å²) in [7, 11) is 0. The number of ether oxygens (including phenoxy) is 1. The predicted octanol–water partition coefficient (Wildman–Crippen LogP) is 5.87. The van der Waals surface area contributed by atoms with Gasteiger partial charge in [-0.2, -0.15) is 0 Å². The monoisotopic (exact) mass is 380 g/mol. The summed E-state index contributed by atoms with van der Waals surface area (Å²) in [5.41, 5.74) is 3.10. The normalized spacial score (nSPS) is 12.2. The topological polar surface area (TPSA) is 52.1 Å². The van der Waals surface area contributed by atoms with Gasteiger partial charge in [0.25, 0.3) is 0 Å². The molecule has 1 heterocycles. The first-order valence-corrected chi connectivity index (χ1v) is 10.4. The molecule has 0 aliphatic rings. The zero-order valence-electron chi connectivity index (χ0n) is 17.4. The highest BCUT2D eigenvalue weighted by atomic mass is 16.5. The average molecular weight is 381 g/mol. The van der Waals surface area contributed by atoms with E-state index in [1.165, 1.54) is 37.3 Å². The zero-order valence-corrected chi connectivity index (χ0v) is 17.4. The first-order valence-electron chi connectivity index (χ1n) is 10.4. The summed E-state index contributed by atoms with van der Waals surface area (Å²) in [6, 6.07) is 7.85. The summed E-state index contributed by atoms with van der Waals surface area (Å²) >= 11 is 0. The molecule has 4 heteroatoms. The third-order valence-corrected chi connectivity index (χ3v) is 4.81. The minimum absolute atomic E-state index is 0.303. The lowest BCUT2D eigenvalue weighted by atomic mass is 10.1. The largest absolute Gasteiger partial charge is 0.462 e. The fraction of sp³-hybridized carbons (Fsp3) is 0.458. The van der Waals surface area contributed by atoms with Crippen molar-refractivity contribution in [2.45, 2.75) is 59.3 Å². The quantitative estimate of drug-likeness (QED) is 0.278. The molecule has 150 valence electrons. The molecule has 1 atom stereocenters. The van der Waals surface area contributed by atoms with E-state index in [1.54, 1.807) is 6.08 Å². The van der Waals surface area contributed by atoms with E-state index in [0.717, 1.165) is 29.8 Å². The number of nitrogens with zero attached hydrogens (tertiary/aromatic N) is 2. The molecule has 0 saturated carbocycles. The maximum Gasteiger partial charge on any atom is 0.330 e. The Balaban J connectivity index is 1.87. The number of unbranched alkanes of at least 4 members (excludes halogenated alkanes) is 3. The molecule has 1 aromatic heterocycles. The molecule has 0 fully saturated rings. The Labute approximate surface area is 169 Å². The van der Waals surface area contributed by atoms with Crippen LogP contribution in [-0.4, -0.2) is 22.5 Å². The Kier molecular flexibility index (Phi) is 9.40. The fourth-order valence-electron chi connectivity index (χ4n) is 2.69. The van der Waals surface area contributed by atoms with Gasteiger partial charge >= 0.3 is 5.97 Å². The summed E-state index contributed by atoms with van der Waals surface area (Å²) in [6.07, 6.45) is 14.1. The molecule has 0 unspecified atom stereocenters. The van der Waals surface area contributed by atoms with E-state index < -0.39 is 0 Å². The maximum atomic E-state index is 11.7. The molecule has 2 aromatic rings. The third kappa shape index (κ3) is 7.63. The minimum Gasteiger partial charge on any atom is -0.462 e. The molecule has 28 heavy (non-hydrogen) atoms. The number of benzene rings is 1. The molecule has 0 spiro atoms. The van der Waals surface area contributed by atoms with E-state index in [2.05, 4.69) is 30.7 Å². The molecule has 0 bridgehead atoms. The Bertz CT molecular complexity index is 736. The highest BCUT2D eigenvalue weighted by Crippen LogP contribution is 2.17. The van der Waals surface area contributed by atoms with Gasteiger partial charge in [-0.3, -0.25) is 0 Å². The summed E-state index contributed by atoms with van der Waals surface area (Å²) in [5.74, 6) is 0.808. The molecule has 0 saturated heterocycles. The van der Waals surface area contributed by atoms with Crippen molar-refractivity contribution in [1.29, 1.82) is 0 Å². The summed E-state index contributed by atoms with van der Waals surface area (Å²) in [5, 5.41) is 0. The second-order valence-corrected chi connectivity index (χ2v) is 7.32. The van der Waals surface area contributed by atoms with Crippen LogP contribution in [0.5, 0.6) is 0 Å². The van der Waals surface area contributed by atoms with Gasteiger partial charge in [0, 0.05) is 24.0 Å². The first kappa shape index (κ1) is 21.8. The van der Waals surface area contributed by atoms with E-state index in [-0.39, 0.29) is 5.97 Å². The first-order chi connectivity index (χ1) is 13.6. The Hall–Kier alpha value is -2.49. The van der Waals surface area contributed by atoms with Crippen molar-refractivity contribution in [2.24, 2.45) is 5.92 Å². The van der Waals surface area contributed by atoms with Crippen LogP contribution in [0.15, 0.2) is 42.7 Å². The molecule has 4 nitrogen and oxygen atoms in total. The summed E-state index contributed by atoms with van der Waals surface area (Å²) in [4.78, 5) is 20.7. The molecule has 1 aromatic carbocycles. The van der Waals surface area contributed by atoms with Crippen LogP contribution < -0.4 is 0 Å². The van der Waals surface area contributed by atoms with Crippen molar-refractivity contribution in [2.75, 3.05) is 6.61 Å². The highest BCUT2D eigenvalue weighted by Gasteiger charge is 2.04. The van der Waals surface area contributed by atoms with Gasteiger partial charge in [0.15, 0.2) is 5.82 Å². The van der Waals surface area contributed by atoms with E-state index >= 15 is 0 Å². The van der Waals surface area contributed by atoms with Crippen LogP contribution in [0, 0.1) is 5.92 Å². The van der Waals surface area contributed by atoms with Crippen LogP contribution in [0.2, 0.25) is 0 Å². The smallest absolute Gasteiger partial charge is 0.330 e. The van der Waals surface area contributed by atoms with Gasteiger partial charge in [0.2, 0.25) is 0 Å². The van der Waals surface area contributed by atoms with E-state index in [0.29, 0.717) is 12.5 Å². The molecule has 0 radical (unpaired) electrons. The van der Waals surface area contributed by atoms with Gasteiger partial charge < -0.3 is 4.74 Å². The molecule has 2 rings (SSSR count). The van der Waals surface area contributed by atoms with E-state index in [9.17, 15) is 4.79 Å². The van der Waals surface area contributed by atoms with Crippen molar-refractivity contribution in [1.82, 2.24) is 9.97 Å². The maximum absolute atomic E-state index is 11.7. The number of hydrogen-bond donors (Lipinski definition) is 0. The fourth-order valence-corrected chi connectivity index (χ4v) is 2.69. The SMILES string of the molecule is CCCCCCc1cnc(-c2ccc(C=CC(=O)OC[C@H](C)CC)cc2)nc1. The third-order valence-electron chi connectivity index (χ3n) is 4.81. The number of carbonyl (C=O) groups excluding carboxylic acids is 1. The van der Waals surface area contributed by atoms with Crippen LogP contribution >= 0.6 is 0 Å². The van der Waals surface area contributed by atoms with Crippen molar-refractivity contribution in [3.8, 4) is 11.4 Å². The summed E-state index contributed by atoms with van der Waals surface area (Å²) in [6.45, 7) is 6.83. The Morgan fingerprint density at radius 2 is 1.79 bits per heavy atom. The van der Waals surface area contributed by atoms with Gasteiger partial charge in [0.1, 0.15) is 0 Å². The van der Waals surface area contributed by atoms with Gasteiger partial charge in [0.05, 0.1) is 6.61 Å². The van der Waals surface area contributed by atoms with Crippen LogP contribution in [0.1, 0.15) is 64.0 Å². The lowest BCUT2D eigenvalue weighted by Crippen LogP contribution is -2.08. The van der Waals surface area contributed by atoms with Gasteiger partial charge in [-0.15, -0.1) is 0 Å². The highest BCUT2D eigenvalue weighted by molar-refractivity contribution is 5.87. The van der Waals surface area contributed by atoms with Crippen LogP contribution in [-0.2, 0) is 16.0 Å². The lowest BCUT2D eigenvalue weighted by molar-refractivity contribution is -0.138. The second-order valence-electron chi connectivity index (χ2n) is 7.32. The molecule has 0 aliphatic carbocycles. The summed E-state index contributed by atoms with van der Waals surface area (Å²) < 4.78 is 5.22. The number of hydrogen-bond acceptors (Lipinski definition) is 4. The molecule has 0 amide bonds. The van der Waals surface area contributed by atoms with E-state index in [1.807, 2.05) is 36.7 Å². The number of carbonyl (C=O) groups is 1. The number of rotatable bonds is 11. The van der Waals surface area contributed by atoms with Crippen molar-refractivity contribution < 1.29 is 9.53 Å². The van der Waals surface area contributed by atoms with Crippen molar-refractivity contribution in [3.05, 3.63) is 53.9 Å². The minimum atomic E-state index is -0.303. The zero-order chi connectivity index (χ0) is 20.2. The molecular weight excluding hydrogens is 348 g/mol. The second kappa shape index (κ2) is 12.1. The Morgan fingerprint density at radius 1 is 1.07 bits per heavy atom. The number of aryl methyl sites for hydroxylation is 1. The standard InChI is InChI=1S/C24H32N2O2/c1-4-6-7-8-9-21-16-25-24(26-17-21)22-13-10-20(11-14-22)12-15-23(27)28-18-19(3)5-2/h10-17,19H,4-9,18H2,1-3H3/t19-/m1/s1. The van der Waals surface area contributed by atoms with E-state index in [4.69, 9.17) is 4.74 Å². The number of aromatic nitrogens is 2. The van der Waals surface area contributed by atoms with Crippen LogP contribution in [0.4, 0.5) is 0 Å². The molecular formula is C24H32N2O2. The van der Waals surface area contributed by atoms with Crippen LogP contribution in [0.3, 0.4) is 0 Å². The van der Waals surface area contributed by atoms with Gasteiger partial charge in [-0.25, -0.2) is 14.8 Å². The van der Waals surface area contributed by atoms with Gasteiger partial charge in [-0.1, -0.05) is 70.7 Å². The lowest BCUT2D eigenvalue weighted by Gasteiger charge is -2.07.